The smallest absolute Gasteiger partial charge is 0.350 e. The number of ketones is 2. The molecule has 1 aromatic heterocycles. The highest BCUT2D eigenvalue weighted by Crippen LogP contribution is 2.29. The quantitative estimate of drug-likeness (QED) is 0.249. The lowest BCUT2D eigenvalue weighted by Gasteiger charge is -2.11. The number of benzene rings is 2. The number of carbonyl (C=O) groups is 4. The molecule has 176 valence electrons. The molecule has 1 aliphatic carbocycles. The number of nitrogens with zero attached hydrogens (tertiary/aromatic N) is 2. The number of thiazole rings is 1. The molecule has 4 rings (SSSR count). The third-order valence-corrected chi connectivity index (χ3v) is 6.09. The van der Waals surface area contributed by atoms with Gasteiger partial charge in [-0.1, -0.05) is 59.4 Å². The highest BCUT2D eigenvalue weighted by molar-refractivity contribution is 7.11. The maximum absolute atomic E-state index is 12.9. The Hall–Kier alpha value is -4.37. The van der Waals surface area contributed by atoms with Crippen LogP contribution in [-0.4, -0.2) is 34.6 Å². The largest absolute Gasteiger partial charge is 0.462 e. The van der Waals surface area contributed by atoms with E-state index in [9.17, 15) is 19.2 Å². The van der Waals surface area contributed by atoms with Crippen molar-refractivity contribution in [3.63, 3.8) is 0 Å². The minimum Gasteiger partial charge on any atom is -0.462 e. The van der Waals surface area contributed by atoms with Crippen LogP contribution in [0.25, 0.3) is 16.9 Å². The number of aryl methyl sites for hydroxylation is 1. The van der Waals surface area contributed by atoms with Crippen molar-refractivity contribution in [2.45, 2.75) is 13.8 Å². The van der Waals surface area contributed by atoms with Gasteiger partial charge in [-0.25, -0.2) is 10.2 Å². The molecule has 0 bridgehead atoms. The first-order valence-corrected chi connectivity index (χ1v) is 11.6. The van der Waals surface area contributed by atoms with E-state index in [2.05, 4.69) is 10.5 Å². The first-order chi connectivity index (χ1) is 16.9. The molecule has 1 amide bonds. The van der Waals surface area contributed by atoms with Crippen LogP contribution in [0.3, 0.4) is 0 Å². The Kier molecular flexibility index (Phi) is 6.98. The SMILES string of the molecule is CCOC(=O)c1s/c(=N/NC(=O)C2=CC(=O)C=CC2=O)n(-c2ccc(C)cc2)c1-c1ccccc1. The number of hydrogen-bond donors (Lipinski definition) is 1. The summed E-state index contributed by atoms with van der Waals surface area (Å²) in [5, 5.41) is 4.23. The van der Waals surface area contributed by atoms with Crippen LogP contribution in [0, 0.1) is 6.92 Å². The van der Waals surface area contributed by atoms with Crippen LogP contribution in [0.1, 0.15) is 22.2 Å². The van der Waals surface area contributed by atoms with Crippen molar-refractivity contribution in [3.8, 4) is 16.9 Å². The summed E-state index contributed by atoms with van der Waals surface area (Å²) >= 11 is 1.04. The topological polar surface area (TPSA) is 107 Å². The van der Waals surface area contributed by atoms with E-state index in [0.717, 1.165) is 40.7 Å². The van der Waals surface area contributed by atoms with Gasteiger partial charge in [0, 0.05) is 17.3 Å². The van der Waals surface area contributed by atoms with Gasteiger partial charge in [0.2, 0.25) is 4.80 Å². The normalized spacial score (nSPS) is 13.5. The van der Waals surface area contributed by atoms with Gasteiger partial charge in [-0.05, 0) is 38.1 Å². The summed E-state index contributed by atoms with van der Waals surface area (Å²) in [6.45, 7) is 3.87. The number of ether oxygens (including phenoxy) is 1. The van der Waals surface area contributed by atoms with E-state index in [1.54, 1.807) is 11.5 Å². The van der Waals surface area contributed by atoms with E-state index >= 15 is 0 Å². The van der Waals surface area contributed by atoms with E-state index < -0.39 is 23.4 Å². The number of rotatable bonds is 6. The third-order valence-electron chi connectivity index (χ3n) is 5.07. The predicted molar refractivity (Wildman–Crippen MR) is 131 cm³/mol. The number of nitrogens with one attached hydrogen (secondary N) is 1. The van der Waals surface area contributed by atoms with E-state index in [1.807, 2.05) is 61.5 Å². The Labute approximate surface area is 204 Å². The minimum atomic E-state index is -0.824. The molecule has 2 aromatic carbocycles. The van der Waals surface area contributed by atoms with Crippen molar-refractivity contribution in [2.75, 3.05) is 6.61 Å². The number of allylic oxidation sites excluding steroid dienone is 3. The summed E-state index contributed by atoms with van der Waals surface area (Å²) in [6, 6.07) is 16.9. The van der Waals surface area contributed by atoms with E-state index in [1.165, 1.54) is 0 Å². The molecule has 0 spiro atoms. The molecule has 0 aliphatic heterocycles. The zero-order chi connectivity index (χ0) is 24.9. The fraction of sp³-hybridized carbons (Fsp3) is 0.115. The van der Waals surface area contributed by atoms with Gasteiger partial charge < -0.3 is 4.74 Å². The van der Waals surface area contributed by atoms with Gasteiger partial charge in [0.25, 0.3) is 5.91 Å². The molecule has 0 saturated carbocycles. The standard InChI is InChI=1S/C26H21N3O5S/c1-3-34-25(33)23-22(17-7-5-4-6-8-17)29(18-11-9-16(2)10-12-18)26(35-23)28-27-24(32)20-15-19(30)13-14-21(20)31/h4-15H,3H2,1-2H3,(H,27,32)/b28-26+. The molecule has 1 N–H and O–H groups in total. The molecule has 9 heteroatoms. The first kappa shape index (κ1) is 23.8. The number of aromatic nitrogens is 1. The molecule has 3 aromatic rings. The van der Waals surface area contributed by atoms with Crippen LogP contribution in [-0.2, 0) is 19.1 Å². The zero-order valence-corrected chi connectivity index (χ0v) is 19.8. The monoisotopic (exact) mass is 487 g/mol. The van der Waals surface area contributed by atoms with Crippen LogP contribution < -0.4 is 10.2 Å². The van der Waals surface area contributed by atoms with Crippen LogP contribution in [0.5, 0.6) is 0 Å². The van der Waals surface area contributed by atoms with Gasteiger partial charge in [-0.15, -0.1) is 5.10 Å². The molecule has 0 saturated heterocycles. The summed E-state index contributed by atoms with van der Waals surface area (Å²) in [7, 11) is 0. The second-order valence-corrected chi connectivity index (χ2v) is 8.51. The summed E-state index contributed by atoms with van der Waals surface area (Å²) < 4.78 is 7.03. The van der Waals surface area contributed by atoms with Gasteiger partial charge >= 0.3 is 5.97 Å². The lowest BCUT2D eigenvalue weighted by molar-refractivity contribution is -0.122. The van der Waals surface area contributed by atoms with Crippen molar-refractivity contribution < 1.29 is 23.9 Å². The van der Waals surface area contributed by atoms with E-state index in [-0.39, 0.29) is 17.0 Å². The van der Waals surface area contributed by atoms with Crippen molar-refractivity contribution in [2.24, 2.45) is 5.10 Å². The Morgan fingerprint density at radius 3 is 2.43 bits per heavy atom. The van der Waals surface area contributed by atoms with Crippen molar-refractivity contribution in [3.05, 3.63) is 93.6 Å². The van der Waals surface area contributed by atoms with Crippen LogP contribution in [0.15, 0.2) is 83.5 Å². The van der Waals surface area contributed by atoms with Crippen molar-refractivity contribution >= 4 is 34.8 Å². The molecule has 1 heterocycles. The second kappa shape index (κ2) is 10.3. The maximum Gasteiger partial charge on any atom is 0.350 e. The predicted octanol–water partition coefficient (Wildman–Crippen LogP) is 3.26. The van der Waals surface area contributed by atoms with Crippen LogP contribution in [0.2, 0.25) is 0 Å². The molecule has 35 heavy (non-hydrogen) atoms. The minimum absolute atomic E-state index is 0.191. The molecule has 8 nitrogen and oxygen atoms in total. The molecule has 0 fully saturated rings. The summed E-state index contributed by atoms with van der Waals surface area (Å²) in [5.41, 5.74) is 5.10. The zero-order valence-electron chi connectivity index (χ0n) is 19.0. The second-order valence-electron chi connectivity index (χ2n) is 7.53. The molecule has 1 aliphatic rings. The number of carbonyl (C=O) groups excluding carboxylic acids is 4. The average molecular weight is 488 g/mol. The molecular weight excluding hydrogens is 466 g/mol. The van der Waals surface area contributed by atoms with Gasteiger partial charge in [0.1, 0.15) is 4.88 Å². The van der Waals surface area contributed by atoms with Gasteiger partial charge in [0.15, 0.2) is 11.6 Å². The Morgan fingerprint density at radius 1 is 1.03 bits per heavy atom. The van der Waals surface area contributed by atoms with Crippen LogP contribution >= 0.6 is 11.3 Å². The molecule has 0 radical (unpaired) electrons. The van der Waals surface area contributed by atoms with Crippen LogP contribution in [0.4, 0.5) is 0 Å². The highest BCUT2D eigenvalue weighted by atomic mass is 32.1. The van der Waals surface area contributed by atoms with Gasteiger partial charge in [-0.3, -0.25) is 19.0 Å². The maximum atomic E-state index is 12.9. The molecular formula is C26H21N3O5S. The molecule has 0 unspecified atom stereocenters. The number of amides is 1. The number of esters is 1. The Balaban J connectivity index is 1.90. The number of hydrogen-bond acceptors (Lipinski definition) is 7. The lowest BCUT2D eigenvalue weighted by atomic mass is 10.0. The van der Waals surface area contributed by atoms with E-state index in [0.29, 0.717) is 16.3 Å². The Morgan fingerprint density at radius 2 is 1.74 bits per heavy atom. The summed E-state index contributed by atoms with van der Waals surface area (Å²) in [4.78, 5) is 49.8. The molecule has 0 atom stereocenters. The first-order valence-electron chi connectivity index (χ1n) is 10.8. The highest BCUT2D eigenvalue weighted by Gasteiger charge is 2.24. The van der Waals surface area contributed by atoms with Gasteiger partial charge in [0.05, 0.1) is 17.9 Å². The van der Waals surface area contributed by atoms with Gasteiger partial charge in [-0.2, -0.15) is 0 Å². The third kappa shape index (κ3) is 5.10. The summed E-state index contributed by atoms with van der Waals surface area (Å²) in [5.74, 6) is -2.40. The fourth-order valence-corrected chi connectivity index (χ4v) is 4.44. The Bertz CT molecular complexity index is 1440. The van der Waals surface area contributed by atoms with Crippen molar-refractivity contribution in [1.29, 1.82) is 0 Å². The lowest BCUT2D eigenvalue weighted by Crippen LogP contribution is -2.29. The van der Waals surface area contributed by atoms with Crippen molar-refractivity contribution in [1.82, 2.24) is 9.99 Å². The fourth-order valence-electron chi connectivity index (χ4n) is 3.43. The summed E-state index contributed by atoms with van der Waals surface area (Å²) in [6.07, 6.45) is 3.11. The van der Waals surface area contributed by atoms with E-state index in [4.69, 9.17) is 4.74 Å². The average Bonchev–Trinajstić information content (AvgIpc) is 3.25.